The van der Waals surface area contributed by atoms with Gasteiger partial charge in [0.1, 0.15) is 17.4 Å². The van der Waals surface area contributed by atoms with Crippen LogP contribution in [0.5, 0.6) is 0 Å². The number of hydrogen-bond acceptors (Lipinski definition) is 2. The van der Waals surface area contributed by atoms with Crippen molar-refractivity contribution in [2.75, 3.05) is 6.61 Å². The molecule has 19 heavy (non-hydrogen) atoms. The summed E-state index contributed by atoms with van der Waals surface area (Å²) in [5.74, 6) is -1.77. The van der Waals surface area contributed by atoms with Gasteiger partial charge in [-0.15, -0.1) is 0 Å². The maximum Gasteiger partial charge on any atom is 0.143 e. The highest BCUT2D eigenvalue weighted by molar-refractivity contribution is 9.10. The van der Waals surface area contributed by atoms with Gasteiger partial charge in [-0.1, -0.05) is 6.92 Å². The van der Waals surface area contributed by atoms with Crippen molar-refractivity contribution in [3.63, 3.8) is 0 Å². The lowest BCUT2D eigenvalue weighted by Gasteiger charge is -2.16. The summed E-state index contributed by atoms with van der Waals surface area (Å²) in [6.07, 6.45) is 1.03. The van der Waals surface area contributed by atoms with E-state index in [1.165, 1.54) is 6.07 Å². The average molecular weight is 333 g/mol. The highest BCUT2D eigenvalue weighted by Gasteiger charge is 2.33. The molecule has 0 bridgehead atoms. The third-order valence-corrected chi connectivity index (χ3v) is 4.13. The Kier molecular flexibility index (Phi) is 4.68. The monoisotopic (exact) mass is 332 g/mol. The highest BCUT2D eigenvalue weighted by atomic mass is 79.9. The van der Waals surface area contributed by atoms with Crippen LogP contribution in [0.15, 0.2) is 16.6 Å². The van der Waals surface area contributed by atoms with Crippen molar-refractivity contribution in [2.45, 2.75) is 32.3 Å². The van der Waals surface area contributed by atoms with Crippen LogP contribution >= 0.6 is 15.9 Å². The first-order valence-corrected chi connectivity index (χ1v) is 7.10. The van der Waals surface area contributed by atoms with Gasteiger partial charge in [0.25, 0.3) is 0 Å². The van der Waals surface area contributed by atoms with E-state index < -0.39 is 11.6 Å². The largest absolute Gasteiger partial charge is 0.377 e. The standard InChI is InChI=1S/C14H15BrF2O2/c1-2-13-8(5-6-19-13)12(18)7-9-11(16)4-3-10(15)14(9)17/h3-4,8,13H,2,5-7H2,1H3. The van der Waals surface area contributed by atoms with Crippen molar-refractivity contribution in [1.29, 1.82) is 0 Å². The number of ketones is 1. The summed E-state index contributed by atoms with van der Waals surface area (Å²) in [7, 11) is 0. The van der Waals surface area contributed by atoms with Gasteiger partial charge in [-0.3, -0.25) is 4.79 Å². The van der Waals surface area contributed by atoms with Gasteiger partial charge < -0.3 is 4.74 Å². The number of benzene rings is 1. The number of Topliss-reactive ketones (excluding diaryl/α,β-unsaturated/α-hetero) is 1. The number of carbonyl (C=O) groups is 1. The van der Waals surface area contributed by atoms with E-state index in [2.05, 4.69) is 15.9 Å². The molecule has 5 heteroatoms. The Morgan fingerprint density at radius 1 is 1.47 bits per heavy atom. The fourth-order valence-corrected chi connectivity index (χ4v) is 2.83. The van der Waals surface area contributed by atoms with Crippen LogP contribution in [0.3, 0.4) is 0 Å². The molecular weight excluding hydrogens is 318 g/mol. The Balaban J connectivity index is 2.17. The molecule has 0 radical (unpaired) electrons. The molecule has 2 rings (SSSR count). The Hall–Kier alpha value is -0.810. The van der Waals surface area contributed by atoms with Gasteiger partial charge in [-0.05, 0) is 40.9 Å². The molecule has 0 aliphatic carbocycles. The third-order valence-electron chi connectivity index (χ3n) is 3.52. The molecule has 2 atom stereocenters. The number of hydrogen-bond donors (Lipinski definition) is 0. The summed E-state index contributed by atoms with van der Waals surface area (Å²) < 4.78 is 33.0. The molecule has 0 amide bonds. The van der Waals surface area contributed by atoms with E-state index in [0.29, 0.717) is 13.0 Å². The lowest BCUT2D eigenvalue weighted by Crippen LogP contribution is -2.25. The lowest BCUT2D eigenvalue weighted by molar-refractivity contribution is -0.124. The number of ether oxygens (including phenoxy) is 1. The fourth-order valence-electron chi connectivity index (χ4n) is 2.46. The Bertz CT molecular complexity index is 491. The number of carbonyl (C=O) groups excluding carboxylic acids is 1. The summed E-state index contributed by atoms with van der Waals surface area (Å²) in [6.45, 7) is 2.48. The summed E-state index contributed by atoms with van der Waals surface area (Å²) in [6, 6.07) is 2.46. The minimum Gasteiger partial charge on any atom is -0.377 e. The van der Waals surface area contributed by atoms with Gasteiger partial charge in [-0.25, -0.2) is 8.78 Å². The van der Waals surface area contributed by atoms with Crippen LogP contribution in [0.2, 0.25) is 0 Å². The first kappa shape index (κ1) is 14.6. The summed E-state index contributed by atoms with van der Waals surface area (Å²) in [4.78, 5) is 12.2. The maximum absolute atomic E-state index is 13.8. The van der Waals surface area contributed by atoms with E-state index in [-0.39, 0.29) is 34.3 Å². The smallest absolute Gasteiger partial charge is 0.143 e. The van der Waals surface area contributed by atoms with Crippen molar-refractivity contribution in [2.24, 2.45) is 5.92 Å². The molecule has 0 spiro atoms. The molecule has 2 nitrogen and oxygen atoms in total. The van der Waals surface area contributed by atoms with Gasteiger partial charge in [0.15, 0.2) is 0 Å². The number of halogens is 3. The zero-order valence-corrected chi connectivity index (χ0v) is 12.2. The third kappa shape index (κ3) is 3.03. The highest BCUT2D eigenvalue weighted by Crippen LogP contribution is 2.28. The fraction of sp³-hybridized carbons (Fsp3) is 0.500. The lowest BCUT2D eigenvalue weighted by atomic mass is 9.91. The average Bonchev–Trinajstić information content (AvgIpc) is 2.87. The minimum absolute atomic E-state index is 0.120. The summed E-state index contributed by atoms with van der Waals surface area (Å²) in [5, 5.41) is 0. The SMILES string of the molecule is CCC1OCCC1C(=O)Cc1c(F)ccc(Br)c1F. The van der Waals surface area contributed by atoms with Crippen LogP contribution in [0.4, 0.5) is 8.78 Å². The minimum atomic E-state index is -0.694. The maximum atomic E-state index is 13.8. The molecule has 2 unspecified atom stereocenters. The van der Waals surface area contributed by atoms with Crippen LogP contribution in [0, 0.1) is 17.6 Å². The van der Waals surface area contributed by atoms with Crippen LogP contribution in [0.25, 0.3) is 0 Å². The van der Waals surface area contributed by atoms with Crippen molar-refractivity contribution in [1.82, 2.24) is 0 Å². The van der Waals surface area contributed by atoms with E-state index in [4.69, 9.17) is 4.74 Å². The summed E-state index contributed by atoms with van der Waals surface area (Å²) in [5.41, 5.74) is -0.166. The van der Waals surface area contributed by atoms with Crippen LogP contribution < -0.4 is 0 Å². The molecule has 0 saturated carbocycles. The van der Waals surface area contributed by atoms with Gasteiger partial charge in [0.2, 0.25) is 0 Å². The molecule has 0 aromatic heterocycles. The van der Waals surface area contributed by atoms with E-state index >= 15 is 0 Å². The molecule has 1 aliphatic heterocycles. The van der Waals surface area contributed by atoms with Crippen molar-refractivity contribution in [3.05, 3.63) is 33.8 Å². The molecule has 1 aromatic rings. The molecule has 104 valence electrons. The Morgan fingerprint density at radius 2 is 2.21 bits per heavy atom. The van der Waals surface area contributed by atoms with Crippen LogP contribution in [-0.4, -0.2) is 18.5 Å². The van der Waals surface area contributed by atoms with Crippen LogP contribution in [0.1, 0.15) is 25.3 Å². The van der Waals surface area contributed by atoms with Gasteiger partial charge in [-0.2, -0.15) is 0 Å². The molecule has 1 fully saturated rings. The topological polar surface area (TPSA) is 26.3 Å². The zero-order valence-electron chi connectivity index (χ0n) is 10.6. The molecule has 1 heterocycles. The van der Waals surface area contributed by atoms with Crippen LogP contribution in [-0.2, 0) is 16.0 Å². The summed E-state index contributed by atoms with van der Waals surface area (Å²) >= 11 is 3.00. The normalized spacial score (nSPS) is 22.7. The molecule has 1 saturated heterocycles. The van der Waals surface area contributed by atoms with Gasteiger partial charge in [0.05, 0.1) is 10.6 Å². The Labute approximate surface area is 119 Å². The molecule has 1 aliphatic rings. The van der Waals surface area contributed by atoms with Gasteiger partial charge in [0, 0.05) is 24.5 Å². The van der Waals surface area contributed by atoms with Gasteiger partial charge >= 0.3 is 0 Å². The second-order valence-corrected chi connectivity index (χ2v) is 5.53. The first-order chi connectivity index (χ1) is 9.04. The van der Waals surface area contributed by atoms with Crippen molar-refractivity contribution in [3.8, 4) is 0 Å². The molecular formula is C14H15BrF2O2. The van der Waals surface area contributed by atoms with E-state index in [1.807, 2.05) is 6.92 Å². The second kappa shape index (κ2) is 6.09. The van der Waals surface area contributed by atoms with Crippen molar-refractivity contribution >= 4 is 21.7 Å². The molecule has 1 aromatic carbocycles. The van der Waals surface area contributed by atoms with E-state index in [1.54, 1.807) is 0 Å². The number of rotatable bonds is 4. The van der Waals surface area contributed by atoms with E-state index in [0.717, 1.165) is 12.5 Å². The van der Waals surface area contributed by atoms with Crippen molar-refractivity contribution < 1.29 is 18.3 Å². The zero-order chi connectivity index (χ0) is 14.0. The predicted octanol–water partition coefficient (Wildman–Crippen LogP) is 3.65. The quantitative estimate of drug-likeness (QED) is 0.786. The second-order valence-electron chi connectivity index (χ2n) is 4.68. The predicted molar refractivity (Wildman–Crippen MR) is 70.9 cm³/mol. The van der Waals surface area contributed by atoms with E-state index in [9.17, 15) is 13.6 Å². The first-order valence-electron chi connectivity index (χ1n) is 6.31. The Morgan fingerprint density at radius 3 is 2.89 bits per heavy atom. The molecule has 0 N–H and O–H groups in total.